The van der Waals surface area contributed by atoms with E-state index in [4.69, 9.17) is 16.3 Å². The van der Waals surface area contributed by atoms with Gasteiger partial charge in [-0.05, 0) is 23.8 Å². The number of nitrogens with zero attached hydrogens (tertiary/aromatic N) is 3. The second kappa shape index (κ2) is 9.48. The van der Waals surface area contributed by atoms with Crippen LogP contribution in [0.5, 0.6) is 5.75 Å². The highest BCUT2D eigenvalue weighted by molar-refractivity contribution is 7.09. The molecule has 0 N–H and O–H groups in total. The van der Waals surface area contributed by atoms with Crippen molar-refractivity contribution in [3.05, 3.63) is 80.8 Å². The Balaban J connectivity index is 1.73. The molecule has 0 aliphatic rings. The van der Waals surface area contributed by atoms with E-state index in [9.17, 15) is 4.79 Å². The van der Waals surface area contributed by atoms with Gasteiger partial charge in [0.25, 0.3) is 5.91 Å². The highest BCUT2D eigenvalue weighted by Crippen LogP contribution is 2.27. The number of aromatic nitrogens is 1. The number of hydrogen-bond acceptors (Lipinski definition) is 4. The highest BCUT2D eigenvalue weighted by atomic mass is 35.5. The van der Waals surface area contributed by atoms with Gasteiger partial charge in [-0.25, -0.2) is 4.98 Å². The molecule has 0 saturated carbocycles. The Morgan fingerprint density at radius 2 is 2.04 bits per heavy atom. The van der Waals surface area contributed by atoms with E-state index in [0.29, 0.717) is 23.7 Å². The third-order valence-electron chi connectivity index (χ3n) is 3.78. The standard InChI is InChI=1S/C21H20ClN3O2S/c1-25(2)14-23-21(26)18-13-28-20(24-18)11-16-10-17(22)8-9-19(16)27-12-15-6-4-3-5-7-15/h3-10,13-14H,11-12H2,1-2H3/b23-14+. The summed E-state index contributed by atoms with van der Waals surface area (Å²) in [5.74, 6) is 0.393. The Labute approximate surface area is 173 Å². The summed E-state index contributed by atoms with van der Waals surface area (Å²) < 4.78 is 5.99. The van der Waals surface area contributed by atoms with Crippen molar-refractivity contribution < 1.29 is 9.53 Å². The SMILES string of the molecule is CN(C)/C=N/C(=O)c1csc(Cc2cc(Cl)ccc2OCc2ccccc2)n1. The topological polar surface area (TPSA) is 54.8 Å². The van der Waals surface area contributed by atoms with Crippen LogP contribution in [0.2, 0.25) is 5.02 Å². The van der Waals surface area contributed by atoms with Crippen LogP contribution in [0.25, 0.3) is 0 Å². The Bertz CT molecular complexity index is 971. The molecule has 3 rings (SSSR count). The average molecular weight is 414 g/mol. The van der Waals surface area contributed by atoms with Crippen molar-refractivity contribution in [3.8, 4) is 5.75 Å². The van der Waals surface area contributed by atoms with Gasteiger partial charge >= 0.3 is 0 Å². The molecule has 1 amide bonds. The summed E-state index contributed by atoms with van der Waals surface area (Å²) >= 11 is 7.59. The normalized spacial score (nSPS) is 11.0. The third-order valence-corrected chi connectivity index (χ3v) is 4.86. The van der Waals surface area contributed by atoms with Crippen LogP contribution in [0.15, 0.2) is 58.9 Å². The van der Waals surface area contributed by atoms with Gasteiger partial charge in [0.15, 0.2) is 0 Å². The lowest BCUT2D eigenvalue weighted by Gasteiger charge is -2.11. The fraction of sp³-hybridized carbons (Fsp3) is 0.190. The number of carbonyl (C=O) groups is 1. The fourth-order valence-corrected chi connectivity index (χ4v) is 3.44. The number of thiazole rings is 1. The van der Waals surface area contributed by atoms with Gasteiger partial charge in [-0.1, -0.05) is 41.9 Å². The molecule has 144 valence electrons. The highest BCUT2D eigenvalue weighted by Gasteiger charge is 2.13. The van der Waals surface area contributed by atoms with Crippen molar-refractivity contribution in [2.75, 3.05) is 14.1 Å². The molecule has 0 atom stereocenters. The van der Waals surface area contributed by atoms with Crippen LogP contribution < -0.4 is 4.74 Å². The quantitative estimate of drug-likeness (QED) is 0.416. The van der Waals surface area contributed by atoms with Gasteiger partial charge in [0, 0.05) is 36.5 Å². The second-order valence-corrected chi connectivity index (χ2v) is 7.72. The molecule has 5 nitrogen and oxygen atoms in total. The van der Waals surface area contributed by atoms with Crippen molar-refractivity contribution in [1.82, 2.24) is 9.88 Å². The van der Waals surface area contributed by atoms with Crippen molar-refractivity contribution >= 4 is 35.2 Å². The maximum Gasteiger partial charge on any atom is 0.297 e. The van der Waals surface area contributed by atoms with Gasteiger partial charge < -0.3 is 9.64 Å². The molecule has 3 aromatic rings. The predicted octanol–water partition coefficient (Wildman–Crippen LogP) is 4.70. The van der Waals surface area contributed by atoms with E-state index in [1.165, 1.54) is 17.7 Å². The number of hydrogen-bond donors (Lipinski definition) is 0. The Kier molecular flexibility index (Phi) is 6.79. The summed E-state index contributed by atoms with van der Waals surface area (Å²) in [5.41, 5.74) is 2.35. The first-order valence-electron chi connectivity index (χ1n) is 8.66. The first-order chi connectivity index (χ1) is 13.5. The molecule has 0 aliphatic heterocycles. The van der Waals surface area contributed by atoms with Crippen LogP contribution in [0, 0.1) is 0 Å². The zero-order valence-electron chi connectivity index (χ0n) is 15.6. The zero-order chi connectivity index (χ0) is 19.9. The molecule has 2 aromatic carbocycles. The molecule has 0 unspecified atom stereocenters. The minimum absolute atomic E-state index is 0.340. The third kappa shape index (κ3) is 5.65. The van der Waals surface area contributed by atoms with E-state index in [0.717, 1.165) is 21.9 Å². The van der Waals surface area contributed by atoms with Gasteiger partial charge in [-0.15, -0.1) is 11.3 Å². The summed E-state index contributed by atoms with van der Waals surface area (Å²) in [5, 5.41) is 3.15. The monoisotopic (exact) mass is 413 g/mol. The molecule has 28 heavy (non-hydrogen) atoms. The first-order valence-corrected chi connectivity index (χ1v) is 9.91. The van der Waals surface area contributed by atoms with Crippen molar-refractivity contribution in [3.63, 3.8) is 0 Å². The minimum Gasteiger partial charge on any atom is -0.489 e. The second-order valence-electron chi connectivity index (χ2n) is 6.34. The van der Waals surface area contributed by atoms with E-state index >= 15 is 0 Å². The molecule has 0 bridgehead atoms. The molecular weight excluding hydrogens is 394 g/mol. The lowest BCUT2D eigenvalue weighted by Crippen LogP contribution is -2.10. The lowest BCUT2D eigenvalue weighted by atomic mass is 10.1. The van der Waals surface area contributed by atoms with Crippen molar-refractivity contribution in [1.29, 1.82) is 0 Å². The first kappa shape index (κ1) is 20.0. The van der Waals surface area contributed by atoms with E-state index in [-0.39, 0.29) is 5.91 Å². The lowest BCUT2D eigenvalue weighted by molar-refractivity contribution is 0.0998. The Morgan fingerprint density at radius 3 is 2.79 bits per heavy atom. The molecule has 0 aliphatic carbocycles. The van der Waals surface area contributed by atoms with E-state index in [1.54, 1.807) is 30.4 Å². The molecule has 0 fully saturated rings. The zero-order valence-corrected chi connectivity index (χ0v) is 17.2. The number of carbonyl (C=O) groups excluding carboxylic acids is 1. The van der Waals surface area contributed by atoms with Gasteiger partial charge in [0.05, 0.1) is 11.3 Å². The molecule has 0 saturated heterocycles. The largest absolute Gasteiger partial charge is 0.489 e. The average Bonchev–Trinajstić information content (AvgIpc) is 3.15. The van der Waals surface area contributed by atoms with Gasteiger partial charge in [-0.2, -0.15) is 4.99 Å². The van der Waals surface area contributed by atoms with Crippen molar-refractivity contribution in [2.24, 2.45) is 4.99 Å². The molecule has 0 radical (unpaired) electrons. The predicted molar refractivity (Wildman–Crippen MR) is 114 cm³/mol. The van der Waals surface area contributed by atoms with Gasteiger partial charge in [0.2, 0.25) is 0 Å². The van der Waals surface area contributed by atoms with Gasteiger partial charge in [0.1, 0.15) is 18.1 Å². The summed E-state index contributed by atoms with van der Waals surface area (Å²) in [6, 6.07) is 15.5. The number of ether oxygens (including phenoxy) is 1. The van der Waals surface area contributed by atoms with Crippen molar-refractivity contribution in [2.45, 2.75) is 13.0 Å². The maximum atomic E-state index is 12.1. The van der Waals surface area contributed by atoms with Gasteiger partial charge in [-0.3, -0.25) is 4.79 Å². The number of amides is 1. The van der Waals surface area contributed by atoms with E-state index < -0.39 is 0 Å². The number of aliphatic imine (C=N–C) groups is 1. The molecule has 7 heteroatoms. The molecular formula is C21H20ClN3O2S. The molecule has 0 spiro atoms. The van der Waals surface area contributed by atoms with E-state index in [1.807, 2.05) is 42.5 Å². The van der Waals surface area contributed by atoms with Crippen LogP contribution in [0.3, 0.4) is 0 Å². The summed E-state index contributed by atoms with van der Waals surface area (Å²) in [7, 11) is 3.61. The van der Waals surface area contributed by atoms with Crippen LogP contribution in [-0.2, 0) is 13.0 Å². The van der Waals surface area contributed by atoms with E-state index in [2.05, 4.69) is 9.98 Å². The van der Waals surface area contributed by atoms with Crippen LogP contribution in [-0.4, -0.2) is 36.2 Å². The summed E-state index contributed by atoms with van der Waals surface area (Å²) in [6.07, 6.45) is 1.99. The molecule has 1 heterocycles. The smallest absolute Gasteiger partial charge is 0.297 e. The fourth-order valence-electron chi connectivity index (χ4n) is 2.45. The maximum absolute atomic E-state index is 12.1. The number of halogens is 1. The molecule has 1 aromatic heterocycles. The number of rotatable bonds is 7. The Hall–Kier alpha value is -2.70. The number of benzene rings is 2. The van der Waals surface area contributed by atoms with Crippen LogP contribution in [0.4, 0.5) is 0 Å². The minimum atomic E-state index is -0.358. The van der Waals surface area contributed by atoms with Crippen LogP contribution >= 0.6 is 22.9 Å². The summed E-state index contributed by atoms with van der Waals surface area (Å²) in [4.78, 5) is 22.1. The summed E-state index contributed by atoms with van der Waals surface area (Å²) in [6.45, 7) is 0.469. The Morgan fingerprint density at radius 1 is 1.25 bits per heavy atom. The van der Waals surface area contributed by atoms with Crippen LogP contribution in [0.1, 0.15) is 26.6 Å².